The van der Waals surface area contributed by atoms with E-state index in [2.05, 4.69) is 5.32 Å². The average molecular weight is 385 g/mol. The number of Topliss-reactive ketones (excluding diaryl/α,β-unsaturated/α-hetero) is 1. The lowest BCUT2D eigenvalue weighted by molar-refractivity contribution is 0.0252. The van der Waals surface area contributed by atoms with Crippen LogP contribution in [0.5, 0.6) is 0 Å². The Hall–Kier alpha value is -3.73. The molecule has 4 rings (SSSR count). The highest BCUT2D eigenvalue weighted by Crippen LogP contribution is 2.31. The lowest BCUT2D eigenvalue weighted by Gasteiger charge is -2.25. The quantitative estimate of drug-likeness (QED) is 0.526. The number of carbonyl (C=O) groups is 3. The van der Waals surface area contributed by atoms with E-state index in [1.165, 1.54) is 6.92 Å². The topological polar surface area (TPSA) is 72.5 Å². The summed E-state index contributed by atoms with van der Waals surface area (Å²) in [6, 6.07) is 21.3. The molecule has 3 aromatic carbocycles. The van der Waals surface area contributed by atoms with Crippen LogP contribution in [0.2, 0.25) is 0 Å². The van der Waals surface area contributed by atoms with Crippen LogP contribution in [0.15, 0.2) is 72.8 Å². The first-order chi connectivity index (χ1) is 14.0. The Kier molecular flexibility index (Phi) is 4.96. The third-order valence-corrected chi connectivity index (χ3v) is 4.94. The highest BCUT2D eigenvalue weighted by Gasteiger charge is 2.28. The molecular weight excluding hydrogens is 366 g/mol. The fraction of sp³-hybridized carbons (Fsp3) is 0.125. The number of hydrogen-bond acceptors (Lipinski definition) is 4. The molecule has 1 heterocycles. The second-order valence-corrected chi connectivity index (χ2v) is 6.97. The lowest BCUT2D eigenvalue weighted by Crippen LogP contribution is -2.23. The molecule has 144 valence electrons. The molecule has 0 saturated heterocycles. The van der Waals surface area contributed by atoms with E-state index in [9.17, 15) is 14.4 Å². The maximum atomic E-state index is 12.7. The van der Waals surface area contributed by atoms with Crippen molar-refractivity contribution in [2.45, 2.75) is 19.4 Å². The van der Waals surface area contributed by atoms with Crippen LogP contribution in [0.3, 0.4) is 0 Å². The Morgan fingerprint density at radius 1 is 0.931 bits per heavy atom. The molecule has 0 saturated carbocycles. The predicted octanol–water partition coefficient (Wildman–Crippen LogP) is 4.60. The van der Waals surface area contributed by atoms with E-state index in [0.29, 0.717) is 28.8 Å². The molecule has 5 nitrogen and oxygen atoms in total. The standard InChI is InChI=1S/C24H19NO4/c1-15(26)17-8-5-9-20(13-17)25-23(27)18-10-11-21-19(12-18)14-22(29-24(21)28)16-6-3-2-4-7-16/h2-13,22H,14H2,1H3,(H,25,27)/t22-/m1/s1. The van der Waals surface area contributed by atoms with Crippen molar-refractivity contribution >= 4 is 23.3 Å². The maximum absolute atomic E-state index is 12.7. The van der Waals surface area contributed by atoms with E-state index in [4.69, 9.17) is 4.74 Å². The van der Waals surface area contributed by atoms with Crippen molar-refractivity contribution in [3.63, 3.8) is 0 Å². The Bertz CT molecular complexity index is 1100. The van der Waals surface area contributed by atoms with Crippen molar-refractivity contribution in [3.05, 3.63) is 101 Å². The van der Waals surface area contributed by atoms with Crippen LogP contribution in [0.1, 0.15) is 55.2 Å². The number of esters is 1. The van der Waals surface area contributed by atoms with Crippen molar-refractivity contribution in [2.24, 2.45) is 0 Å². The normalized spacial score (nSPS) is 15.2. The minimum absolute atomic E-state index is 0.0691. The third-order valence-electron chi connectivity index (χ3n) is 4.94. The monoisotopic (exact) mass is 385 g/mol. The van der Waals surface area contributed by atoms with Gasteiger partial charge in [0.25, 0.3) is 5.91 Å². The summed E-state index contributed by atoms with van der Waals surface area (Å²) in [6.07, 6.45) is 0.133. The van der Waals surface area contributed by atoms with Crippen molar-refractivity contribution in [1.82, 2.24) is 0 Å². The summed E-state index contributed by atoms with van der Waals surface area (Å²) in [5.74, 6) is -0.759. The first kappa shape index (κ1) is 18.6. The van der Waals surface area contributed by atoms with E-state index in [1.54, 1.807) is 42.5 Å². The van der Waals surface area contributed by atoms with E-state index >= 15 is 0 Å². The van der Waals surface area contributed by atoms with Gasteiger partial charge in [-0.2, -0.15) is 0 Å². The second-order valence-electron chi connectivity index (χ2n) is 6.97. The summed E-state index contributed by atoms with van der Waals surface area (Å²) in [6.45, 7) is 1.48. The smallest absolute Gasteiger partial charge is 0.339 e. The Balaban J connectivity index is 1.58. The van der Waals surface area contributed by atoms with Crippen molar-refractivity contribution in [2.75, 3.05) is 5.32 Å². The molecule has 1 atom stereocenters. The van der Waals surface area contributed by atoms with E-state index < -0.39 is 0 Å². The molecule has 1 amide bonds. The zero-order valence-corrected chi connectivity index (χ0v) is 15.8. The first-order valence-corrected chi connectivity index (χ1v) is 9.32. The van der Waals surface area contributed by atoms with Gasteiger partial charge in [-0.3, -0.25) is 9.59 Å². The molecule has 0 aliphatic carbocycles. The summed E-state index contributed by atoms with van der Waals surface area (Å²) in [7, 11) is 0. The van der Waals surface area contributed by atoms with Crippen LogP contribution in [-0.4, -0.2) is 17.7 Å². The van der Waals surface area contributed by atoms with Gasteiger partial charge in [0.1, 0.15) is 6.10 Å². The molecule has 0 fully saturated rings. The summed E-state index contributed by atoms with van der Waals surface area (Å²) < 4.78 is 5.56. The van der Waals surface area contributed by atoms with Gasteiger partial charge in [-0.25, -0.2) is 4.79 Å². The van der Waals surface area contributed by atoms with Gasteiger partial charge >= 0.3 is 5.97 Å². The van der Waals surface area contributed by atoms with Gasteiger partial charge in [-0.15, -0.1) is 0 Å². The summed E-state index contributed by atoms with van der Waals surface area (Å²) in [5, 5.41) is 2.81. The predicted molar refractivity (Wildman–Crippen MR) is 109 cm³/mol. The molecule has 1 N–H and O–H groups in total. The van der Waals surface area contributed by atoms with Gasteiger partial charge in [0.05, 0.1) is 5.56 Å². The Morgan fingerprint density at radius 2 is 1.72 bits per heavy atom. The number of ketones is 1. The van der Waals surface area contributed by atoms with Crippen LogP contribution in [0, 0.1) is 0 Å². The highest BCUT2D eigenvalue weighted by atomic mass is 16.5. The molecule has 0 spiro atoms. The summed E-state index contributed by atoms with van der Waals surface area (Å²) >= 11 is 0. The molecule has 3 aromatic rings. The molecule has 0 bridgehead atoms. The molecule has 0 aromatic heterocycles. The van der Waals surface area contributed by atoms with Crippen molar-refractivity contribution in [3.8, 4) is 0 Å². The molecule has 0 unspecified atom stereocenters. The number of carbonyl (C=O) groups excluding carboxylic acids is 3. The number of nitrogens with one attached hydrogen (secondary N) is 1. The van der Waals surface area contributed by atoms with Crippen LogP contribution >= 0.6 is 0 Å². The maximum Gasteiger partial charge on any atom is 0.339 e. The highest BCUT2D eigenvalue weighted by molar-refractivity contribution is 6.06. The van der Waals surface area contributed by atoms with Crippen LogP contribution in [0.25, 0.3) is 0 Å². The summed E-state index contributed by atoms with van der Waals surface area (Å²) in [4.78, 5) is 36.6. The summed E-state index contributed by atoms with van der Waals surface area (Å²) in [5.41, 5.74) is 3.69. The Morgan fingerprint density at radius 3 is 2.48 bits per heavy atom. The molecule has 0 radical (unpaired) electrons. The number of amides is 1. The number of rotatable bonds is 4. The number of anilines is 1. The lowest BCUT2D eigenvalue weighted by atomic mass is 9.93. The van der Waals surface area contributed by atoms with Crippen molar-refractivity contribution in [1.29, 1.82) is 0 Å². The zero-order chi connectivity index (χ0) is 20.4. The SMILES string of the molecule is CC(=O)c1cccc(NC(=O)c2ccc3c(c2)C[C@H](c2ccccc2)OC3=O)c1. The largest absolute Gasteiger partial charge is 0.454 e. The first-order valence-electron chi connectivity index (χ1n) is 9.32. The fourth-order valence-corrected chi connectivity index (χ4v) is 3.41. The van der Waals surface area contributed by atoms with Crippen molar-refractivity contribution < 1.29 is 19.1 Å². The van der Waals surface area contributed by atoms with Gasteiger partial charge < -0.3 is 10.1 Å². The van der Waals surface area contributed by atoms with Gasteiger partial charge in [0.2, 0.25) is 0 Å². The van der Waals surface area contributed by atoms with Gasteiger partial charge in [0, 0.05) is 23.2 Å². The fourth-order valence-electron chi connectivity index (χ4n) is 3.41. The molecular formula is C24H19NO4. The molecule has 1 aliphatic heterocycles. The van der Waals surface area contributed by atoms with E-state index in [-0.39, 0.29) is 23.8 Å². The number of fused-ring (bicyclic) bond motifs is 1. The van der Waals surface area contributed by atoms with E-state index in [1.807, 2.05) is 30.3 Å². The van der Waals surface area contributed by atoms with Crippen LogP contribution < -0.4 is 5.32 Å². The molecule has 1 aliphatic rings. The van der Waals surface area contributed by atoms with Crippen LogP contribution in [0.4, 0.5) is 5.69 Å². The van der Waals surface area contributed by atoms with Gasteiger partial charge in [0.15, 0.2) is 5.78 Å². The zero-order valence-electron chi connectivity index (χ0n) is 15.8. The number of hydrogen-bond donors (Lipinski definition) is 1. The van der Waals surface area contributed by atoms with Crippen LogP contribution in [-0.2, 0) is 11.2 Å². The third kappa shape index (κ3) is 3.94. The van der Waals surface area contributed by atoms with Gasteiger partial charge in [-0.1, -0.05) is 42.5 Å². The minimum Gasteiger partial charge on any atom is -0.454 e. The van der Waals surface area contributed by atoms with Gasteiger partial charge in [-0.05, 0) is 48.4 Å². The Labute approximate surface area is 168 Å². The van der Waals surface area contributed by atoms with E-state index in [0.717, 1.165) is 11.1 Å². The number of ether oxygens (including phenoxy) is 1. The second kappa shape index (κ2) is 7.72. The molecule has 29 heavy (non-hydrogen) atoms. The number of cyclic esters (lactones) is 1. The number of benzene rings is 3. The molecule has 5 heteroatoms. The average Bonchev–Trinajstić information content (AvgIpc) is 2.74. The minimum atomic E-state index is -0.388.